The van der Waals surface area contributed by atoms with E-state index in [1.165, 1.54) is 31.1 Å². The van der Waals surface area contributed by atoms with Gasteiger partial charge in [0.25, 0.3) is 5.91 Å². The van der Waals surface area contributed by atoms with Gasteiger partial charge in [0.1, 0.15) is 5.70 Å². The molecule has 0 radical (unpaired) electrons. The number of hydrogen-bond donors (Lipinski definition) is 2. The number of ether oxygens (including phenoxy) is 1. The maximum atomic E-state index is 12.5. The highest BCUT2D eigenvalue weighted by Gasteiger charge is 2.22. The molecule has 2 aromatic carbocycles. The van der Waals surface area contributed by atoms with Gasteiger partial charge in [-0.1, -0.05) is 36.4 Å². The zero-order valence-electron chi connectivity index (χ0n) is 16.5. The van der Waals surface area contributed by atoms with Crippen LogP contribution in [0.1, 0.15) is 37.0 Å². The summed E-state index contributed by atoms with van der Waals surface area (Å²) in [6, 6.07) is 14.9. The van der Waals surface area contributed by atoms with Crippen molar-refractivity contribution in [3.05, 3.63) is 70.9 Å². The Labute approximate surface area is 170 Å². The van der Waals surface area contributed by atoms with E-state index in [9.17, 15) is 14.4 Å². The smallest absolute Gasteiger partial charge is 0.355 e. The molecule has 0 fully saturated rings. The van der Waals surface area contributed by atoms with Crippen molar-refractivity contribution in [2.45, 2.75) is 39.2 Å². The van der Waals surface area contributed by atoms with E-state index in [4.69, 9.17) is 4.74 Å². The Morgan fingerprint density at radius 3 is 2.48 bits per heavy atom. The van der Waals surface area contributed by atoms with E-state index in [0.29, 0.717) is 5.69 Å². The van der Waals surface area contributed by atoms with Gasteiger partial charge in [-0.3, -0.25) is 9.59 Å². The van der Waals surface area contributed by atoms with Crippen molar-refractivity contribution < 1.29 is 19.1 Å². The number of benzene rings is 2. The second-order valence-corrected chi connectivity index (χ2v) is 7.02. The lowest BCUT2D eigenvalue weighted by Crippen LogP contribution is -2.33. The van der Waals surface area contributed by atoms with E-state index in [-0.39, 0.29) is 5.70 Å². The third-order valence-corrected chi connectivity index (χ3v) is 4.66. The molecule has 6 nitrogen and oxygen atoms in total. The van der Waals surface area contributed by atoms with Crippen LogP contribution in [0.15, 0.2) is 54.2 Å². The van der Waals surface area contributed by atoms with Crippen LogP contribution < -0.4 is 10.6 Å². The van der Waals surface area contributed by atoms with Crippen LogP contribution in [0, 0.1) is 0 Å². The van der Waals surface area contributed by atoms with Crippen molar-refractivity contribution in [2.24, 2.45) is 0 Å². The molecular formula is C23H24N2O4. The molecule has 0 unspecified atom stereocenters. The van der Waals surface area contributed by atoms with Crippen LogP contribution in [0.4, 0.5) is 5.69 Å². The second kappa shape index (κ2) is 9.19. The van der Waals surface area contributed by atoms with Crippen LogP contribution >= 0.6 is 0 Å². The minimum atomic E-state index is -1.02. The van der Waals surface area contributed by atoms with Gasteiger partial charge in [-0.25, -0.2) is 4.79 Å². The molecule has 0 spiro atoms. The lowest BCUT2D eigenvalue weighted by atomic mass is 10.1. The molecule has 0 saturated heterocycles. The first-order valence-corrected chi connectivity index (χ1v) is 9.60. The fourth-order valence-corrected chi connectivity index (χ4v) is 3.22. The molecule has 1 atom stereocenters. The molecule has 2 amide bonds. The van der Waals surface area contributed by atoms with E-state index < -0.39 is 23.9 Å². The topological polar surface area (TPSA) is 84.5 Å². The number of esters is 1. The number of amides is 2. The van der Waals surface area contributed by atoms with Crippen molar-refractivity contribution in [3.63, 3.8) is 0 Å². The predicted octanol–water partition coefficient (Wildman–Crippen LogP) is 3.22. The Morgan fingerprint density at radius 1 is 1.03 bits per heavy atom. The van der Waals surface area contributed by atoms with Crippen LogP contribution in [0.5, 0.6) is 0 Å². The number of nitrogens with one attached hydrogen (secondary N) is 2. The van der Waals surface area contributed by atoms with Gasteiger partial charge < -0.3 is 15.4 Å². The first-order chi connectivity index (χ1) is 13.9. The Kier molecular flexibility index (Phi) is 6.44. The molecular weight excluding hydrogens is 368 g/mol. The molecule has 1 aliphatic rings. The summed E-state index contributed by atoms with van der Waals surface area (Å²) in [5.74, 6) is -1.61. The van der Waals surface area contributed by atoms with Crippen molar-refractivity contribution in [1.29, 1.82) is 0 Å². The summed E-state index contributed by atoms with van der Waals surface area (Å²) in [7, 11) is 0. The number of fused-ring (bicyclic) bond motifs is 1. The fraction of sp³-hybridized carbons (Fsp3) is 0.261. The number of carbonyl (C=O) groups is 3. The third-order valence-electron chi connectivity index (χ3n) is 4.66. The first-order valence-electron chi connectivity index (χ1n) is 9.60. The zero-order chi connectivity index (χ0) is 20.8. The van der Waals surface area contributed by atoms with E-state index in [1.807, 2.05) is 36.4 Å². The van der Waals surface area contributed by atoms with Crippen LogP contribution in [-0.2, 0) is 32.0 Å². The molecule has 29 heavy (non-hydrogen) atoms. The molecule has 0 bridgehead atoms. The molecule has 2 N–H and O–H groups in total. The van der Waals surface area contributed by atoms with Crippen molar-refractivity contribution in [3.8, 4) is 0 Å². The summed E-state index contributed by atoms with van der Waals surface area (Å²) in [6.45, 7) is 2.80. The molecule has 1 aliphatic carbocycles. The van der Waals surface area contributed by atoms with Crippen LogP contribution in [-0.4, -0.2) is 23.9 Å². The SMILES string of the molecule is CC(=O)N/C(=C\c1ccccc1)C(=O)O[C@H](C)C(=O)Nc1ccc2c(c1)CCC2. The highest BCUT2D eigenvalue weighted by atomic mass is 16.5. The summed E-state index contributed by atoms with van der Waals surface area (Å²) in [5.41, 5.74) is 3.93. The number of anilines is 1. The number of rotatable bonds is 6. The fourth-order valence-electron chi connectivity index (χ4n) is 3.22. The summed E-state index contributed by atoms with van der Waals surface area (Å²) >= 11 is 0. The van der Waals surface area contributed by atoms with Gasteiger partial charge in [-0.15, -0.1) is 0 Å². The molecule has 0 aliphatic heterocycles. The average molecular weight is 392 g/mol. The lowest BCUT2D eigenvalue weighted by Gasteiger charge is -2.15. The van der Waals surface area contributed by atoms with Gasteiger partial charge in [0.2, 0.25) is 5.91 Å². The zero-order valence-corrected chi connectivity index (χ0v) is 16.5. The van der Waals surface area contributed by atoms with E-state index >= 15 is 0 Å². The summed E-state index contributed by atoms with van der Waals surface area (Å²) in [6.07, 6.45) is 3.68. The molecule has 0 heterocycles. The van der Waals surface area contributed by atoms with Crippen LogP contribution in [0.25, 0.3) is 6.08 Å². The molecule has 6 heteroatoms. The van der Waals surface area contributed by atoms with E-state index in [2.05, 4.69) is 10.6 Å². The molecule has 2 aromatic rings. The van der Waals surface area contributed by atoms with Gasteiger partial charge in [-0.05, 0) is 61.1 Å². The van der Waals surface area contributed by atoms with Crippen molar-refractivity contribution in [2.75, 3.05) is 5.32 Å². The van der Waals surface area contributed by atoms with Gasteiger partial charge in [-0.2, -0.15) is 0 Å². The number of carbonyl (C=O) groups excluding carboxylic acids is 3. The molecule has 0 saturated carbocycles. The second-order valence-electron chi connectivity index (χ2n) is 7.02. The summed E-state index contributed by atoms with van der Waals surface area (Å²) in [5, 5.41) is 5.25. The van der Waals surface area contributed by atoms with Crippen LogP contribution in [0.3, 0.4) is 0 Å². The minimum absolute atomic E-state index is 0.0270. The first kappa shape index (κ1) is 20.3. The highest BCUT2D eigenvalue weighted by Crippen LogP contribution is 2.25. The average Bonchev–Trinajstić information content (AvgIpc) is 3.15. The van der Waals surface area contributed by atoms with Gasteiger partial charge in [0.15, 0.2) is 6.10 Å². The maximum Gasteiger partial charge on any atom is 0.355 e. The number of aryl methyl sites for hydroxylation is 2. The monoisotopic (exact) mass is 392 g/mol. The van der Waals surface area contributed by atoms with Gasteiger partial charge in [0, 0.05) is 12.6 Å². The molecule has 0 aromatic heterocycles. The van der Waals surface area contributed by atoms with Gasteiger partial charge in [0.05, 0.1) is 0 Å². The van der Waals surface area contributed by atoms with Gasteiger partial charge >= 0.3 is 5.97 Å². The van der Waals surface area contributed by atoms with E-state index in [0.717, 1.165) is 24.8 Å². The van der Waals surface area contributed by atoms with E-state index in [1.54, 1.807) is 12.1 Å². The normalized spacial score (nSPS) is 13.9. The van der Waals surface area contributed by atoms with Crippen molar-refractivity contribution in [1.82, 2.24) is 5.32 Å². The Hall–Kier alpha value is -3.41. The largest absolute Gasteiger partial charge is 0.448 e. The van der Waals surface area contributed by atoms with Crippen LogP contribution in [0.2, 0.25) is 0 Å². The maximum absolute atomic E-state index is 12.5. The Bertz CT molecular complexity index is 951. The van der Waals surface area contributed by atoms with Crippen molar-refractivity contribution >= 4 is 29.5 Å². The quantitative estimate of drug-likeness (QED) is 0.584. The lowest BCUT2D eigenvalue weighted by molar-refractivity contribution is -0.149. The Balaban J connectivity index is 1.66. The number of hydrogen-bond acceptors (Lipinski definition) is 4. The predicted molar refractivity (Wildman–Crippen MR) is 111 cm³/mol. The highest BCUT2D eigenvalue weighted by molar-refractivity contribution is 6.00. The summed E-state index contributed by atoms with van der Waals surface area (Å²) in [4.78, 5) is 36.4. The minimum Gasteiger partial charge on any atom is -0.448 e. The Morgan fingerprint density at radius 2 is 1.76 bits per heavy atom. The summed E-state index contributed by atoms with van der Waals surface area (Å²) < 4.78 is 5.28. The third kappa shape index (κ3) is 5.54. The molecule has 150 valence electrons. The molecule has 3 rings (SSSR count). The standard InChI is InChI=1S/C23H24N2O4/c1-15(22(27)25-20-12-11-18-9-6-10-19(18)14-20)29-23(28)21(24-16(2)26)13-17-7-4-3-5-8-17/h3-5,7-8,11-15H,6,9-10H2,1-2H3,(H,24,26)(H,25,27)/b21-13-/t15-/m1/s1.